The molecular formula is C20H30BrNO. The number of allylic oxidation sites excluding steroid dienone is 6. The molecule has 1 saturated heterocycles. The lowest BCUT2D eigenvalue weighted by Gasteiger charge is -2.03. The molecule has 0 aromatic heterocycles. The first-order chi connectivity index (χ1) is 10.8. The van der Waals surface area contributed by atoms with Crippen molar-refractivity contribution in [2.24, 2.45) is 5.92 Å². The van der Waals surface area contributed by atoms with Crippen LogP contribution in [0.5, 0.6) is 0 Å². The van der Waals surface area contributed by atoms with Gasteiger partial charge in [0.05, 0.1) is 12.2 Å². The summed E-state index contributed by atoms with van der Waals surface area (Å²) in [5, 5.41) is 9.97. The van der Waals surface area contributed by atoms with Crippen molar-refractivity contribution in [3.05, 3.63) is 34.9 Å². The summed E-state index contributed by atoms with van der Waals surface area (Å²) in [5.74, 6) is 0.293. The predicted octanol–water partition coefficient (Wildman–Crippen LogP) is 6.10. The molecule has 23 heavy (non-hydrogen) atoms. The molecule has 128 valence electrons. The molecule has 0 saturated carbocycles. The van der Waals surface area contributed by atoms with Crippen molar-refractivity contribution in [3.63, 3.8) is 0 Å². The molecular weight excluding hydrogens is 350 g/mol. The minimum absolute atomic E-state index is 0.0702. The van der Waals surface area contributed by atoms with Gasteiger partial charge < -0.3 is 4.74 Å². The average Bonchev–Trinajstić information content (AvgIpc) is 3.17. The number of rotatable bonds is 9. The molecule has 0 bridgehead atoms. The zero-order chi connectivity index (χ0) is 17.5. The Hall–Kier alpha value is -0.850. The first-order valence-electron chi connectivity index (χ1n) is 8.49. The third-order valence-corrected chi connectivity index (χ3v) is 5.54. The Bertz CT molecular complexity index is 524. The number of hydrogen-bond donors (Lipinski definition) is 0. The van der Waals surface area contributed by atoms with E-state index in [2.05, 4.69) is 68.8 Å². The minimum atomic E-state index is 0.0702. The average molecular weight is 380 g/mol. The van der Waals surface area contributed by atoms with E-state index >= 15 is 0 Å². The molecule has 2 nitrogen and oxygen atoms in total. The SMILES string of the molecule is C/C(=C\C=C(/C#N)C(C)C)CC/C=C(\C)CC[C@@H]1O[C@@]1(C)CBr. The standard InChI is InChI=1S/C20H30BrNO/c1-15(2)18(13-22)11-9-16(3)7-6-8-17(4)10-12-19-20(5,14-21)23-19/h8-9,11,15,19H,6-7,10,12,14H2,1-5H3/b16-9+,17-8+,18-11+/t19-,20-/m0/s1. The molecule has 0 aromatic rings. The van der Waals surface area contributed by atoms with E-state index < -0.39 is 0 Å². The third kappa shape index (κ3) is 7.06. The van der Waals surface area contributed by atoms with Crippen LogP contribution < -0.4 is 0 Å². The number of hydrogen-bond acceptors (Lipinski definition) is 2. The number of epoxide rings is 1. The van der Waals surface area contributed by atoms with Gasteiger partial charge in [-0.25, -0.2) is 0 Å². The minimum Gasteiger partial charge on any atom is -0.365 e. The summed E-state index contributed by atoms with van der Waals surface area (Å²) >= 11 is 3.51. The number of alkyl halides is 1. The van der Waals surface area contributed by atoms with E-state index in [1.807, 2.05) is 6.08 Å². The summed E-state index contributed by atoms with van der Waals surface area (Å²) in [5.41, 5.74) is 3.68. The number of halogens is 1. The van der Waals surface area contributed by atoms with Gasteiger partial charge in [0.2, 0.25) is 0 Å². The lowest BCUT2D eigenvalue weighted by Crippen LogP contribution is -2.11. The Balaban J connectivity index is 2.33. The molecule has 1 fully saturated rings. The summed E-state index contributed by atoms with van der Waals surface area (Å²) in [4.78, 5) is 0. The molecule has 0 unspecified atom stereocenters. The van der Waals surface area contributed by atoms with E-state index in [1.54, 1.807) is 0 Å². The van der Waals surface area contributed by atoms with Crippen molar-refractivity contribution in [2.75, 3.05) is 5.33 Å². The molecule has 0 aliphatic carbocycles. The van der Waals surface area contributed by atoms with Crippen LogP contribution in [0.2, 0.25) is 0 Å². The van der Waals surface area contributed by atoms with Crippen LogP contribution in [0.3, 0.4) is 0 Å². The molecule has 2 atom stereocenters. The van der Waals surface area contributed by atoms with Gasteiger partial charge in [-0.3, -0.25) is 0 Å². The Morgan fingerprint density at radius 2 is 1.96 bits per heavy atom. The molecule has 0 amide bonds. The van der Waals surface area contributed by atoms with Crippen molar-refractivity contribution in [3.8, 4) is 6.07 Å². The molecule has 1 aliphatic heterocycles. The van der Waals surface area contributed by atoms with Gasteiger partial charge in [0.15, 0.2) is 0 Å². The maximum atomic E-state index is 9.05. The second-order valence-corrected chi connectivity index (χ2v) is 7.64. The lowest BCUT2D eigenvalue weighted by atomic mass is 10.0. The summed E-state index contributed by atoms with van der Waals surface area (Å²) in [7, 11) is 0. The third-order valence-electron chi connectivity index (χ3n) is 4.43. The van der Waals surface area contributed by atoms with E-state index in [1.165, 1.54) is 11.1 Å². The van der Waals surface area contributed by atoms with Crippen molar-refractivity contribution < 1.29 is 4.74 Å². The molecule has 3 heteroatoms. The van der Waals surface area contributed by atoms with Crippen LogP contribution in [0.1, 0.15) is 60.3 Å². The van der Waals surface area contributed by atoms with Gasteiger partial charge in [-0.1, -0.05) is 53.1 Å². The summed E-state index contributed by atoms with van der Waals surface area (Å²) in [6.45, 7) is 10.6. The maximum Gasteiger partial charge on any atom is 0.102 e. The normalized spacial score (nSPS) is 25.7. The number of ether oxygens (including phenoxy) is 1. The van der Waals surface area contributed by atoms with Crippen molar-refractivity contribution >= 4 is 15.9 Å². The predicted molar refractivity (Wildman–Crippen MR) is 102 cm³/mol. The van der Waals surface area contributed by atoms with Crippen molar-refractivity contribution in [1.82, 2.24) is 0 Å². The van der Waals surface area contributed by atoms with Gasteiger partial charge in [0.25, 0.3) is 0 Å². The summed E-state index contributed by atoms with van der Waals surface area (Å²) < 4.78 is 5.71. The van der Waals surface area contributed by atoms with E-state index in [9.17, 15) is 0 Å². The highest BCUT2D eigenvalue weighted by Gasteiger charge is 2.50. The molecule has 1 rings (SSSR count). The molecule has 0 N–H and O–H groups in total. The molecule has 1 heterocycles. The maximum absolute atomic E-state index is 9.05. The molecule has 0 radical (unpaired) electrons. The van der Waals surface area contributed by atoms with Crippen LogP contribution in [0.15, 0.2) is 34.9 Å². The van der Waals surface area contributed by atoms with Gasteiger partial charge in [-0.05, 0) is 58.4 Å². The van der Waals surface area contributed by atoms with Crippen LogP contribution >= 0.6 is 15.9 Å². The van der Waals surface area contributed by atoms with Gasteiger partial charge in [0, 0.05) is 10.9 Å². The Morgan fingerprint density at radius 1 is 1.26 bits per heavy atom. The zero-order valence-electron chi connectivity index (χ0n) is 15.2. The summed E-state index contributed by atoms with van der Waals surface area (Å²) in [6.07, 6.45) is 11.1. The Morgan fingerprint density at radius 3 is 2.48 bits per heavy atom. The van der Waals surface area contributed by atoms with Gasteiger partial charge >= 0.3 is 0 Å². The number of nitriles is 1. The van der Waals surface area contributed by atoms with Gasteiger partial charge in [-0.15, -0.1) is 0 Å². The van der Waals surface area contributed by atoms with E-state index in [4.69, 9.17) is 10.00 Å². The first-order valence-corrected chi connectivity index (χ1v) is 9.61. The largest absolute Gasteiger partial charge is 0.365 e. The topological polar surface area (TPSA) is 36.3 Å². The van der Waals surface area contributed by atoms with E-state index in [0.29, 0.717) is 12.0 Å². The highest BCUT2D eigenvalue weighted by atomic mass is 79.9. The van der Waals surface area contributed by atoms with Crippen LogP contribution in [0.25, 0.3) is 0 Å². The van der Waals surface area contributed by atoms with Crippen LogP contribution in [-0.4, -0.2) is 17.0 Å². The fraction of sp³-hybridized carbons (Fsp3) is 0.650. The van der Waals surface area contributed by atoms with Crippen LogP contribution in [0.4, 0.5) is 0 Å². The van der Waals surface area contributed by atoms with Crippen molar-refractivity contribution in [2.45, 2.75) is 72.0 Å². The molecule has 0 aromatic carbocycles. The fourth-order valence-electron chi connectivity index (χ4n) is 2.45. The van der Waals surface area contributed by atoms with Crippen molar-refractivity contribution in [1.29, 1.82) is 5.26 Å². The van der Waals surface area contributed by atoms with E-state index in [0.717, 1.165) is 36.6 Å². The lowest BCUT2D eigenvalue weighted by molar-refractivity contribution is 0.324. The zero-order valence-corrected chi connectivity index (χ0v) is 16.7. The molecule has 0 spiro atoms. The van der Waals surface area contributed by atoms with Gasteiger partial charge in [-0.2, -0.15) is 5.26 Å². The smallest absolute Gasteiger partial charge is 0.102 e. The fourth-order valence-corrected chi connectivity index (χ4v) is 2.95. The van der Waals surface area contributed by atoms with Crippen LogP contribution in [-0.2, 0) is 4.74 Å². The van der Waals surface area contributed by atoms with Gasteiger partial charge in [0.1, 0.15) is 5.60 Å². The second-order valence-electron chi connectivity index (χ2n) is 7.08. The highest BCUT2D eigenvalue weighted by molar-refractivity contribution is 9.09. The quantitative estimate of drug-likeness (QED) is 0.159. The highest BCUT2D eigenvalue weighted by Crippen LogP contribution is 2.41. The van der Waals surface area contributed by atoms with Crippen LogP contribution in [0, 0.1) is 17.2 Å². The molecule has 1 aliphatic rings. The van der Waals surface area contributed by atoms with E-state index in [-0.39, 0.29) is 5.60 Å². The number of nitrogens with zero attached hydrogens (tertiary/aromatic N) is 1. The Kier molecular flexibility index (Phi) is 8.29. The summed E-state index contributed by atoms with van der Waals surface area (Å²) in [6, 6.07) is 2.27. The monoisotopic (exact) mass is 379 g/mol. The Labute approximate surface area is 150 Å². The second kappa shape index (κ2) is 9.45. The first kappa shape index (κ1) is 20.2.